The monoisotopic (exact) mass is 435 g/mol. The molecule has 4 aromatic rings. The van der Waals surface area contributed by atoms with E-state index in [1.54, 1.807) is 54.6 Å². The number of nitrogens with one attached hydrogen (secondary N) is 3. The van der Waals surface area contributed by atoms with Gasteiger partial charge in [0.2, 0.25) is 5.91 Å². The van der Waals surface area contributed by atoms with Crippen LogP contribution in [0.1, 0.15) is 20.8 Å². The topological polar surface area (TPSA) is 111 Å². The summed E-state index contributed by atoms with van der Waals surface area (Å²) in [6.45, 7) is 0. The molecule has 0 atom stereocenters. The number of hydrogen-bond donors (Lipinski definition) is 3. The summed E-state index contributed by atoms with van der Waals surface area (Å²) in [7, 11) is 0. The van der Waals surface area contributed by atoms with Gasteiger partial charge in [0, 0.05) is 5.02 Å². The van der Waals surface area contributed by atoms with Crippen LogP contribution in [0, 0.1) is 11.3 Å². The quantitative estimate of drug-likeness (QED) is 0.426. The van der Waals surface area contributed by atoms with Crippen molar-refractivity contribution in [3.05, 3.63) is 75.6 Å². The van der Waals surface area contributed by atoms with Gasteiger partial charge in [0.25, 0.3) is 5.91 Å². The molecule has 2 aromatic heterocycles. The van der Waals surface area contributed by atoms with Crippen LogP contribution in [0.15, 0.2) is 54.6 Å². The van der Waals surface area contributed by atoms with E-state index in [4.69, 9.17) is 16.9 Å². The number of aromatic amines is 1. The highest BCUT2D eigenvalue weighted by molar-refractivity contribution is 7.20. The van der Waals surface area contributed by atoms with Gasteiger partial charge in [-0.15, -0.1) is 11.3 Å². The van der Waals surface area contributed by atoms with Crippen LogP contribution < -0.4 is 10.6 Å². The van der Waals surface area contributed by atoms with E-state index in [1.165, 1.54) is 11.3 Å². The van der Waals surface area contributed by atoms with Gasteiger partial charge in [-0.05, 0) is 35.9 Å². The number of anilines is 2. The number of nitriles is 1. The van der Waals surface area contributed by atoms with Crippen LogP contribution in [-0.2, 0) is 11.2 Å². The second-order valence-corrected chi connectivity index (χ2v) is 7.86. The van der Waals surface area contributed by atoms with Crippen molar-refractivity contribution in [1.82, 2.24) is 10.2 Å². The number of hydrogen-bond acceptors (Lipinski definition) is 5. The van der Waals surface area contributed by atoms with Crippen molar-refractivity contribution in [2.75, 3.05) is 10.6 Å². The van der Waals surface area contributed by atoms with Gasteiger partial charge in [-0.1, -0.05) is 35.9 Å². The number of para-hydroxylation sites is 1. The van der Waals surface area contributed by atoms with E-state index in [0.717, 1.165) is 5.56 Å². The standard InChI is InChI=1S/C21H14ClN5O2S/c22-14-7-5-12(6-8-14)9-18(28)25-19-15-10-17(30-21(15)27-26-19)20(29)24-16-4-2-1-3-13(16)11-23/h1-8,10H,9H2,(H,24,29)(H2,25,26,27,28). The molecule has 0 fully saturated rings. The predicted molar refractivity (Wildman–Crippen MR) is 117 cm³/mol. The maximum absolute atomic E-state index is 12.6. The number of carbonyl (C=O) groups is 2. The molecule has 0 aliphatic heterocycles. The van der Waals surface area contributed by atoms with Crippen LogP contribution >= 0.6 is 22.9 Å². The van der Waals surface area contributed by atoms with Gasteiger partial charge in [-0.3, -0.25) is 14.7 Å². The molecule has 0 radical (unpaired) electrons. The van der Waals surface area contributed by atoms with Crippen LogP contribution in [0.3, 0.4) is 0 Å². The number of amides is 2. The number of halogens is 1. The average molecular weight is 436 g/mol. The van der Waals surface area contributed by atoms with Crippen LogP contribution in [-0.4, -0.2) is 22.0 Å². The van der Waals surface area contributed by atoms with Crippen LogP contribution in [0.5, 0.6) is 0 Å². The zero-order chi connectivity index (χ0) is 21.1. The molecule has 0 saturated heterocycles. The molecular weight excluding hydrogens is 422 g/mol. The number of aromatic nitrogens is 2. The van der Waals surface area contributed by atoms with Crippen molar-refractivity contribution >= 4 is 56.5 Å². The first-order chi connectivity index (χ1) is 14.5. The molecule has 2 aromatic carbocycles. The van der Waals surface area contributed by atoms with Crippen molar-refractivity contribution < 1.29 is 9.59 Å². The van der Waals surface area contributed by atoms with Crippen molar-refractivity contribution in [3.63, 3.8) is 0 Å². The summed E-state index contributed by atoms with van der Waals surface area (Å²) in [5.74, 6) is -0.140. The Morgan fingerprint density at radius 3 is 2.67 bits per heavy atom. The lowest BCUT2D eigenvalue weighted by molar-refractivity contribution is -0.115. The van der Waals surface area contributed by atoms with Gasteiger partial charge in [-0.25, -0.2) is 0 Å². The third kappa shape index (κ3) is 4.17. The summed E-state index contributed by atoms with van der Waals surface area (Å²) in [5.41, 5.74) is 1.64. The smallest absolute Gasteiger partial charge is 0.265 e. The first-order valence-corrected chi connectivity index (χ1v) is 10.1. The van der Waals surface area contributed by atoms with Crippen molar-refractivity contribution in [1.29, 1.82) is 5.26 Å². The fourth-order valence-corrected chi connectivity index (χ4v) is 3.88. The molecule has 3 N–H and O–H groups in total. The molecule has 0 unspecified atom stereocenters. The Balaban J connectivity index is 1.49. The second-order valence-electron chi connectivity index (χ2n) is 6.39. The minimum atomic E-state index is -0.348. The molecule has 2 amide bonds. The molecule has 0 bridgehead atoms. The Morgan fingerprint density at radius 1 is 1.13 bits per heavy atom. The second kappa shape index (κ2) is 8.37. The summed E-state index contributed by atoms with van der Waals surface area (Å²) >= 11 is 7.05. The van der Waals surface area contributed by atoms with Crippen molar-refractivity contribution in [2.24, 2.45) is 0 Å². The molecule has 0 saturated carbocycles. The number of thiophene rings is 1. The highest BCUT2D eigenvalue weighted by atomic mass is 35.5. The van der Waals surface area contributed by atoms with Crippen molar-refractivity contribution in [2.45, 2.75) is 6.42 Å². The Morgan fingerprint density at radius 2 is 1.90 bits per heavy atom. The highest BCUT2D eigenvalue weighted by Crippen LogP contribution is 2.30. The number of fused-ring (bicyclic) bond motifs is 1. The third-order valence-electron chi connectivity index (χ3n) is 4.31. The largest absolute Gasteiger partial charge is 0.320 e. The number of benzene rings is 2. The summed E-state index contributed by atoms with van der Waals surface area (Å²) in [6.07, 6.45) is 0.181. The van der Waals surface area contributed by atoms with E-state index in [0.29, 0.717) is 37.2 Å². The predicted octanol–water partition coefficient (Wildman–Crippen LogP) is 4.58. The molecule has 7 nitrogen and oxygen atoms in total. The molecule has 2 heterocycles. The zero-order valence-electron chi connectivity index (χ0n) is 15.4. The molecule has 30 heavy (non-hydrogen) atoms. The van der Waals surface area contributed by atoms with E-state index in [9.17, 15) is 9.59 Å². The number of H-pyrrole nitrogens is 1. The lowest BCUT2D eigenvalue weighted by Crippen LogP contribution is -2.15. The van der Waals surface area contributed by atoms with Gasteiger partial charge in [0.1, 0.15) is 16.7 Å². The van der Waals surface area contributed by atoms with Gasteiger partial charge >= 0.3 is 0 Å². The molecule has 0 spiro atoms. The minimum absolute atomic E-state index is 0.181. The summed E-state index contributed by atoms with van der Waals surface area (Å²) in [4.78, 5) is 26.0. The maximum atomic E-state index is 12.6. The third-order valence-corrected chi connectivity index (χ3v) is 5.59. The average Bonchev–Trinajstić information content (AvgIpc) is 3.32. The van der Waals surface area contributed by atoms with E-state index in [1.807, 2.05) is 6.07 Å². The van der Waals surface area contributed by atoms with Gasteiger partial charge in [0.15, 0.2) is 0 Å². The van der Waals surface area contributed by atoms with Gasteiger partial charge < -0.3 is 10.6 Å². The van der Waals surface area contributed by atoms with E-state index in [2.05, 4.69) is 20.8 Å². The van der Waals surface area contributed by atoms with Gasteiger partial charge in [0.05, 0.1) is 27.9 Å². The molecule has 0 aliphatic rings. The van der Waals surface area contributed by atoms with Crippen molar-refractivity contribution in [3.8, 4) is 6.07 Å². The number of nitrogens with zero attached hydrogens (tertiary/aromatic N) is 2. The molecular formula is C21H14ClN5O2S. The van der Waals surface area contributed by atoms with Crippen LogP contribution in [0.2, 0.25) is 5.02 Å². The normalized spacial score (nSPS) is 10.5. The Labute approximate surface area is 180 Å². The first-order valence-electron chi connectivity index (χ1n) is 8.86. The van der Waals surface area contributed by atoms with E-state index in [-0.39, 0.29) is 18.2 Å². The Bertz CT molecular complexity index is 1290. The summed E-state index contributed by atoms with van der Waals surface area (Å²) < 4.78 is 0. The Kier molecular flexibility index (Phi) is 5.48. The molecule has 4 rings (SSSR count). The first kappa shape index (κ1) is 19.6. The lowest BCUT2D eigenvalue weighted by atomic mass is 10.1. The molecule has 9 heteroatoms. The number of rotatable bonds is 5. The van der Waals surface area contributed by atoms with Crippen LogP contribution in [0.25, 0.3) is 10.2 Å². The van der Waals surface area contributed by atoms with E-state index < -0.39 is 0 Å². The fourth-order valence-electron chi connectivity index (χ4n) is 2.86. The maximum Gasteiger partial charge on any atom is 0.265 e. The summed E-state index contributed by atoms with van der Waals surface area (Å²) in [6, 6.07) is 17.5. The Hall–Kier alpha value is -3.67. The van der Waals surface area contributed by atoms with Gasteiger partial charge in [-0.2, -0.15) is 10.4 Å². The number of carbonyl (C=O) groups excluding carboxylic acids is 2. The highest BCUT2D eigenvalue weighted by Gasteiger charge is 2.17. The van der Waals surface area contributed by atoms with Crippen LogP contribution in [0.4, 0.5) is 11.5 Å². The molecule has 0 aliphatic carbocycles. The zero-order valence-corrected chi connectivity index (χ0v) is 17.0. The lowest BCUT2D eigenvalue weighted by Gasteiger charge is -2.05. The minimum Gasteiger partial charge on any atom is -0.320 e. The van der Waals surface area contributed by atoms with E-state index >= 15 is 0 Å². The fraction of sp³-hybridized carbons (Fsp3) is 0.0476. The molecule has 148 valence electrons. The summed E-state index contributed by atoms with van der Waals surface area (Å²) in [5, 5.41) is 22.9. The SMILES string of the molecule is N#Cc1ccccc1NC(=O)c1cc2c(NC(=O)Cc3ccc(Cl)cc3)[nH]nc2s1.